The Balaban J connectivity index is 1.53. The highest BCUT2D eigenvalue weighted by Crippen LogP contribution is 2.34. The highest BCUT2D eigenvalue weighted by Gasteiger charge is 2.26. The standard InChI is InChI=1S/C21H26N8O2/c1-27(19-11-22-18-6-4-3-5-17(18)19)12-15-9-23-21(26-20(15)28(2)14-31)25-16-10-24-29(13-16)7-8-30/h3-6,9-10,13-14,19,22,30H,7-8,11-12H2,1-2H3,(H,23,25,26). The molecule has 1 unspecified atom stereocenters. The normalized spacial score (nSPS) is 14.9. The monoisotopic (exact) mass is 422 g/mol. The molecule has 0 saturated carbocycles. The molecule has 3 N–H and O–H groups in total. The third kappa shape index (κ3) is 4.49. The number of aromatic nitrogens is 4. The van der Waals surface area contributed by atoms with E-state index in [4.69, 9.17) is 5.11 Å². The topological polar surface area (TPSA) is 111 Å². The van der Waals surface area contributed by atoms with Crippen molar-refractivity contribution in [2.24, 2.45) is 0 Å². The van der Waals surface area contributed by atoms with E-state index in [1.165, 1.54) is 10.5 Å². The zero-order valence-corrected chi connectivity index (χ0v) is 17.6. The minimum Gasteiger partial charge on any atom is -0.394 e. The van der Waals surface area contributed by atoms with E-state index in [0.717, 1.165) is 24.2 Å². The van der Waals surface area contributed by atoms with Crippen LogP contribution in [0.25, 0.3) is 0 Å². The number of carbonyl (C=O) groups excluding carboxylic acids is 1. The summed E-state index contributed by atoms with van der Waals surface area (Å²) in [6, 6.07) is 8.51. The van der Waals surface area contributed by atoms with Gasteiger partial charge in [0, 0.05) is 43.8 Å². The molecule has 3 heterocycles. The molecule has 162 valence electrons. The molecule has 1 aromatic carbocycles. The molecule has 0 saturated heterocycles. The van der Waals surface area contributed by atoms with Crippen molar-refractivity contribution in [3.05, 3.63) is 54.0 Å². The van der Waals surface area contributed by atoms with Gasteiger partial charge in [-0.25, -0.2) is 4.98 Å². The number of rotatable bonds is 9. The molecule has 3 aromatic rings. The van der Waals surface area contributed by atoms with Crippen LogP contribution < -0.4 is 15.5 Å². The number of nitrogens with zero attached hydrogens (tertiary/aromatic N) is 6. The van der Waals surface area contributed by atoms with E-state index in [1.54, 1.807) is 30.3 Å². The lowest BCUT2D eigenvalue weighted by Gasteiger charge is -2.26. The molecule has 4 rings (SSSR count). The van der Waals surface area contributed by atoms with E-state index in [0.29, 0.717) is 30.5 Å². The van der Waals surface area contributed by atoms with Crippen LogP contribution in [0, 0.1) is 0 Å². The maximum absolute atomic E-state index is 11.5. The minimum absolute atomic E-state index is 0.00903. The molecular weight excluding hydrogens is 396 g/mol. The van der Waals surface area contributed by atoms with Gasteiger partial charge in [-0.1, -0.05) is 18.2 Å². The van der Waals surface area contributed by atoms with Crippen molar-refractivity contribution in [3.63, 3.8) is 0 Å². The number of hydrogen-bond donors (Lipinski definition) is 3. The summed E-state index contributed by atoms with van der Waals surface area (Å²) in [5.41, 5.74) is 3.96. The summed E-state index contributed by atoms with van der Waals surface area (Å²) in [7, 11) is 3.73. The fourth-order valence-corrected chi connectivity index (χ4v) is 3.74. The van der Waals surface area contributed by atoms with Gasteiger partial charge in [-0.15, -0.1) is 0 Å². The highest BCUT2D eigenvalue weighted by molar-refractivity contribution is 5.74. The number of anilines is 4. The van der Waals surface area contributed by atoms with Gasteiger partial charge in [0.15, 0.2) is 0 Å². The van der Waals surface area contributed by atoms with Crippen LogP contribution in [-0.4, -0.2) is 63.4 Å². The SMILES string of the molecule is CN(C=O)c1nc(Nc2cnn(CCO)c2)ncc1CN(C)C1CNc2ccccc21. The molecule has 10 nitrogen and oxygen atoms in total. The number of carbonyl (C=O) groups is 1. The highest BCUT2D eigenvalue weighted by atomic mass is 16.3. The van der Waals surface area contributed by atoms with E-state index < -0.39 is 0 Å². The first kappa shape index (κ1) is 20.8. The Morgan fingerprint density at radius 2 is 2.16 bits per heavy atom. The summed E-state index contributed by atoms with van der Waals surface area (Å²) in [5.74, 6) is 0.910. The molecule has 31 heavy (non-hydrogen) atoms. The van der Waals surface area contributed by atoms with Crippen LogP contribution in [0.4, 0.5) is 23.1 Å². The number of nitrogens with one attached hydrogen (secondary N) is 2. The first-order valence-electron chi connectivity index (χ1n) is 10.1. The fraction of sp³-hybridized carbons (Fsp3) is 0.333. The molecule has 0 fully saturated rings. The smallest absolute Gasteiger partial charge is 0.229 e. The summed E-state index contributed by atoms with van der Waals surface area (Å²) in [4.78, 5) is 24.2. The fourth-order valence-electron chi connectivity index (χ4n) is 3.74. The first-order chi connectivity index (χ1) is 15.1. The number of para-hydroxylation sites is 1. The van der Waals surface area contributed by atoms with Crippen molar-refractivity contribution < 1.29 is 9.90 Å². The van der Waals surface area contributed by atoms with Gasteiger partial charge in [0.25, 0.3) is 0 Å². The molecule has 2 aromatic heterocycles. The lowest BCUT2D eigenvalue weighted by Crippen LogP contribution is -2.27. The third-order valence-corrected chi connectivity index (χ3v) is 5.31. The number of benzene rings is 1. The number of fused-ring (bicyclic) bond motifs is 1. The first-order valence-corrected chi connectivity index (χ1v) is 10.1. The Morgan fingerprint density at radius 1 is 1.32 bits per heavy atom. The van der Waals surface area contributed by atoms with E-state index in [1.807, 2.05) is 12.1 Å². The average molecular weight is 422 g/mol. The Hall–Kier alpha value is -3.50. The lowest BCUT2D eigenvalue weighted by molar-refractivity contribution is -0.107. The Labute approximate surface area is 180 Å². The van der Waals surface area contributed by atoms with Gasteiger partial charge >= 0.3 is 0 Å². The second kappa shape index (κ2) is 9.11. The van der Waals surface area contributed by atoms with Crippen LogP contribution in [0.15, 0.2) is 42.9 Å². The third-order valence-electron chi connectivity index (χ3n) is 5.31. The van der Waals surface area contributed by atoms with Crippen LogP contribution in [0.2, 0.25) is 0 Å². The predicted molar refractivity (Wildman–Crippen MR) is 118 cm³/mol. The molecule has 0 aliphatic carbocycles. The largest absolute Gasteiger partial charge is 0.394 e. The molecule has 1 atom stereocenters. The molecule has 1 aliphatic rings. The van der Waals surface area contributed by atoms with Gasteiger partial charge in [0.05, 0.1) is 31.1 Å². The van der Waals surface area contributed by atoms with Gasteiger partial charge in [-0.2, -0.15) is 10.1 Å². The number of aliphatic hydroxyl groups is 1. The van der Waals surface area contributed by atoms with Gasteiger partial charge in [-0.3, -0.25) is 14.4 Å². The van der Waals surface area contributed by atoms with E-state index in [-0.39, 0.29) is 12.6 Å². The zero-order valence-electron chi connectivity index (χ0n) is 17.6. The van der Waals surface area contributed by atoms with Crippen LogP contribution in [0.3, 0.4) is 0 Å². The summed E-state index contributed by atoms with van der Waals surface area (Å²) in [6.07, 6.45) is 5.87. The van der Waals surface area contributed by atoms with E-state index in [2.05, 4.69) is 49.8 Å². The maximum Gasteiger partial charge on any atom is 0.229 e. The van der Waals surface area contributed by atoms with Crippen LogP contribution in [0.1, 0.15) is 17.2 Å². The van der Waals surface area contributed by atoms with Crippen LogP contribution in [-0.2, 0) is 17.9 Å². The van der Waals surface area contributed by atoms with Gasteiger partial charge in [0.2, 0.25) is 12.4 Å². The second-order valence-corrected chi connectivity index (χ2v) is 7.50. The lowest BCUT2D eigenvalue weighted by atomic mass is 10.1. The molecular formula is C21H26N8O2. The molecule has 10 heteroatoms. The van der Waals surface area contributed by atoms with Crippen molar-refractivity contribution >= 4 is 29.6 Å². The number of likely N-dealkylation sites (N-methyl/N-ethyl adjacent to an activating group) is 1. The molecule has 0 spiro atoms. The Morgan fingerprint density at radius 3 is 2.97 bits per heavy atom. The van der Waals surface area contributed by atoms with Crippen molar-refractivity contribution in [1.29, 1.82) is 0 Å². The van der Waals surface area contributed by atoms with E-state index >= 15 is 0 Å². The van der Waals surface area contributed by atoms with Crippen molar-refractivity contribution in [3.8, 4) is 0 Å². The molecule has 1 amide bonds. The van der Waals surface area contributed by atoms with E-state index in [9.17, 15) is 4.79 Å². The maximum atomic E-state index is 11.5. The second-order valence-electron chi connectivity index (χ2n) is 7.50. The van der Waals surface area contributed by atoms with Gasteiger partial charge in [0.1, 0.15) is 5.82 Å². The summed E-state index contributed by atoms with van der Waals surface area (Å²) in [6.45, 7) is 1.83. The number of amides is 1. The van der Waals surface area contributed by atoms with Crippen LogP contribution >= 0.6 is 0 Å². The van der Waals surface area contributed by atoms with Crippen molar-refractivity contribution in [2.45, 2.75) is 19.1 Å². The Bertz CT molecular complexity index is 1050. The molecule has 1 aliphatic heterocycles. The minimum atomic E-state index is 0.00903. The van der Waals surface area contributed by atoms with Crippen LogP contribution in [0.5, 0.6) is 0 Å². The zero-order chi connectivity index (χ0) is 21.8. The summed E-state index contributed by atoms with van der Waals surface area (Å²) >= 11 is 0. The number of hydrogen-bond acceptors (Lipinski definition) is 8. The van der Waals surface area contributed by atoms with Crippen molar-refractivity contribution in [1.82, 2.24) is 24.6 Å². The predicted octanol–water partition coefficient (Wildman–Crippen LogP) is 1.60. The van der Waals surface area contributed by atoms with Crippen molar-refractivity contribution in [2.75, 3.05) is 42.8 Å². The summed E-state index contributed by atoms with van der Waals surface area (Å²) < 4.78 is 1.62. The quantitative estimate of drug-likeness (QED) is 0.446. The van der Waals surface area contributed by atoms with Gasteiger partial charge < -0.3 is 20.6 Å². The van der Waals surface area contributed by atoms with Gasteiger partial charge in [-0.05, 0) is 18.7 Å². The molecule has 0 radical (unpaired) electrons. The summed E-state index contributed by atoms with van der Waals surface area (Å²) in [5, 5.41) is 19.7. The molecule has 0 bridgehead atoms. The number of aliphatic hydroxyl groups excluding tert-OH is 1. The Kier molecular flexibility index (Phi) is 6.10. The average Bonchev–Trinajstić information content (AvgIpc) is 3.41.